The van der Waals surface area contributed by atoms with Crippen LogP contribution in [0.5, 0.6) is 0 Å². The number of hydrogen-bond donors (Lipinski definition) is 2. The zero-order valence-corrected chi connectivity index (χ0v) is 10.4. The second-order valence-corrected chi connectivity index (χ2v) is 6.34. The van der Waals surface area contributed by atoms with Crippen LogP contribution in [0.1, 0.15) is 10.4 Å². The second-order valence-electron chi connectivity index (χ2n) is 3.32. The summed E-state index contributed by atoms with van der Waals surface area (Å²) in [4.78, 5) is 3.01. The Balaban J connectivity index is 3.05. The summed E-state index contributed by atoms with van der Waals surface area (Å²) in [7, 11) is -0.284. The SMILES string of the molecule is Cc1cc(S(=O)(=O)NN(C)C)sc1CO. The fourth-order valence-electron chi connectivity index (χ4n) is 1.06. The third-order valence-electron chi connectivity index (χ3n) is 1.71. The quantitative estimate of drug-likeness (QED) is 0.754. The van der Waals surface area contributed by atoms with Crippen LogP contribution in [-0.2, 0) is 16.6 Å². The van der Waals surface area contributed by atoms with Crippen molar-refractivity contribution in [3.8, 4) is 0 Å². The van der Waals surface area contributed by atoms with E-state index in [1.807, 2.05) is 0 Å². The minimum Gasteiger partial charge on any atom is -0.391 e. The minimum absolute atomic E-state index is 0.131. The molecule has 0 spiro atoms. The molecular formula is C8H14N2O3S2. The van der Waals surface area contributed by atoms with E-state index >= 15 is 0 Å². The Hall–Kier alpha value is -0.470. The molecule has 7 heteroatoms. The molecule has 5 nitrogen and oxygen atoms in total. The van der Waals surface area contributed by atoms with Crippen molar-refractivity contribution < 1.29 is 13.5 Å². The highest BCUT2D eigenvalue weighted by Crippen LogP contribution is 2.25. The van der Waals surface area contributed by atoms with Gasteiger partial charge in [0.1, 0.15) is 4.21 Å². The lowest BCUT2D eigenvalue weighted by Crippen LogP contribution is -2.35. The van der Waals surface area contributed by atoms with E-state index in [4.69, 9.17) is 5.11 Å². The van der Waals surface area contributed by atoms with Crippen LogP contribution in [-0.4, -0.2) is 32.6 Å². The Morgan fingerprint density at radius 3 is 2.53 bits per heavy atom. The van der Waals surface area contributed by atoms with Crippen LogP contribution >= 0.6 is 11.3 Å². The highest BCUT2D eigenvalue weighted by atomic mass is 32.2. The minimum atomic E-state index is -3.49. The molecular weight excluding hydrogens is 236 g/mol. The van der Waals surface area contributed by atoms with Crippen molar-refractivity contribution >= 4 is 21.4 Å². The van der Waals surface area contributed by atoms with Gasteiger partial charge < -0.3 is 5.11 Å². The van der Waals surface area contributed by atoms with Gasteiger partial charge in [0, 0.05) is 19.0 Å². The van der Waals surface area contributed by atoms with Crippen LogP contribution in [0.4, 0.5) is 0 Å². The summed E-state index contributed by atoms with van der Waals surface area (Å²) in [6.45, 7) is 1.64. The van der Waals surface area contributed by atoms with Gasteiger partial charge in [-0.1, -0.05) is 0 Å². The van der Waals surface area contributed by atoms with Gasteiger partial charge in [0.2, 0.25) is 0 Å². The summed E-state index contributed by atoms with van der Waals surface area (Å²) < 4.78 is 23.6. The van der Waals surface area contributed by atoms with E-state index in [1.165, 1.54) is 5.01 Å². The normalized spacial score (nSPS) is 12.3. The van der Waals surface area contributed by atoms with Gasteiger partial charge >= 0.3 is 0 Å². The maximum Gasteiger partial charge on any atom is 0.262 e. The van der Waals surface area contributed by atoms with Crippen molar-refractivity contribution in [1.29, 1.82) is 0 Å². The number of thiophene rings is 1. The summed E-state index contributed by atoms with van der Waals surface area (Å²) in [6, 6.07) is 1.56. The predicted molar refractivity (Wildman–Crippen MR) is 59.0 cm³/mol. The van der Waals surface area contributed by atoms with Crippen LogP contribution in [0.2, 0.25) is 0 Å². The lowest BCUT2D eigenvalue weighted by Gasteiger charge is -2.10. The molecule has 86 valence electrons. The first-order chi connectivity index (χ1) is 6.86. The van der Waals surface area contributed by atoms with Crippen LogP contribution in [0, 0.1) is 6.92 Å². The van der Waals surface area contributed by atoms with Gasteiger partial charge in [0.25, 0.3) is 10.0 Å². The van der Waals surface area contributed by atoms with Crippen LogP contribution in [0.3, 0.4) is 0 Å². The molecule has 15 heavy (non-hydrogen) atoms. The first kappa shape index (κ1) is 12.6. The third-order valence-corrected chi connectivity index (χ3v) is 4.89. The summed E-state index contributed by atoms with van der Waals surface area (Å²) in [5, 5.41) is 10.3. The highest BCUT2D eigenvalue weighted by Gasteiger charge is 2.18. The smallest absolute Gasteiger partial charge is 0.262 e. The fourth-order valence-corrected chi connectivity index (χ4v) is 3.58. The van der Waals surface area contributed by atoms with Gasteiger partial charge in [-0.3, -0.25) is 0 Å². The molecule has 2 N–H and O–H groups in total. The molecule has 0 aliphatic carbocycles. The molecule has 0 bridgehead atoms. The number of aryl methyl sites for hydroxylation is 1. The first-order valence-corrected chi connectivity index (χ1v) is 6.56. The van der Waals surface area contributed by atoms with E-state index in [-0.39, 0.29) is 10.8 Å². The van der Waals surface area contributed by atoms with E-state index in [1.54, 1.807) is 27.1 Å². The fraction of sp³-hybridized carbons (Fsp3) is 0.500. The number of hydrogen-bond acceptors (Lipinski definition) is 5. The molecule has 0 unspecified atom stereocenters. The number of sulfonamides is 1. The van der Waals surface area contributed by atoms with Crippen molar-refractivity contribution in [1.82, 2.24) is 9.84 Å². The molecule has 1 aromatic rings. The summed E-state index contributed by atoms with van der Waals surface area (Å²) in [5.41, 5.74) is 0.793. The maximum absolute atomic E-state index is 11.7. The van der Waals surface area contributed by atoms with Crippen molar-refractivity contribution in [3.05, 3.63) is 16.5 Å². The van der Waals surface area contributed by atoms with E-state index in [0.717, 1.165) is 16.9 Å². The number of hydrazine groups is 1. The summed E-state index contributed by atoms with van der Waals surface area (Å²) in [6.07, 6.45) is 0. The van der Waals surface area contributed by atoms with E-state index in [2.05, 4.69) is 4.83 Å². The van der Waals surface area contributed by atoms with E-state index in [9.17, 15) is 8.42 Å². The van der Waals surface area contributed by atoms with Gasteiger partial charge in [-0.15, -0.1) is 16.2 Å². The summed E-state index contributed by atoms with van der Waals surface area (Å²) >= 11 is 1.08. The number of aliphatic hydroxyl groups is 1. The second kappa shape index (κ2) is 4.58. The molecule has 0 aliphatic rings. The van der Waals surface area contributed by atoms with Crippen LogP contribution in [0.15, 0.2) is 10.3 Å². The Labute approximate surface area is 93.4 Å². The molecule has 0 atom stereocenters. The van der Waals surface area contributed by atoms with Gasteiger partial charge in [-0.05, 0) is 18.6 Å². The van der Waals surface area contributed by atoms with E-state index in [0.29, 0.717) is 4.88 Å². The molecule has 1 heterocycles. The molecule has 0 aliphatic heterocycles. The Kier molecular flexibility index (Phi) is 3.85. The lowest BCUT2D eigenvalue weighted by atomic mass is 10.3. The van der Waals surface area contributed by atoms with Gasteiger partial charge in [-0.2, -0.15) is 0 Å². The number of aliphatic hydroxyl groups excluding tert-OH is 1. The molecule has 1 aromatic heterocycles. The van der Waals surface area contributed by atoms with Crippen molar-refractivity contribution in [2.24, 2.45) is 0 Å². The predicted octanol–water partition coefficient (Wildman–Crippen LogP) is 0.304. The van der Waals surface area contributed by atoms with Gasteiger partial charge in [-0.25, -0.2) is 13.4 Å². The maximum atomic E-state index is 11.7. The average molecular weight is 250 g/mol. The average Bonchev–Trinajstić information content (AvgIpc) is 2.45. The topological polar surface area (TPSA) is 69.6 Å². The van der Waals surface area contributed by atoms with Crippen LogP contribution < -0.4 is 4.83 Å². The Morgan fingerprint density at radius 1 is 1.53 bits per heavy atom. The highest BCUT2D eigenvalue weighted by molar-refractivity contribution is 7.91. The number of nitrogens with zero attached hydrogens (tertiary/aromatic N) is 1. The molecule has 0 amide bonds. The molecule has 0 aromatic carbocycles. The van der Waals surface area contributed by atoms with Gasteiger partial charge in [0.05, 0.1) is 6.61 Å². The van der Waals surface area contributed by atoms with Crippen molar-refractivity contribution in [3.63, 3.8) is 0 Å². The first-order valence-electron chi connectivity index (χ1n) is 4.26. The largest absolute Gasteiger partial charge is 0.391 e. The van der Waals surface area contributed by atoms with E-state index < -0.39 is 10.0 Å². The van der Waals surface area contributed by atoms with Gasteiger partial charge in [0.15, 0.2) is 0 Å². The monoisotopic (exact) mass is 250 g/mol. The van der Waals surface area contributed by atoms with Crippen molar-refractivity contribution in [2.45, 2.75) is 17.7 Å². The molecule has 0 saturated heterocycles. The third kappa shape index (κ3) is 2.99. The Bertz CT molecular complexity index is 437. The van der Waals surface area contributed by atoms with Crippen molar-refractivity contribution in [2.75, 3.05) is 14.1 Å². The van der Waals surface area contributed by atoms with Crippen LogP contribution in [0.25, 0.3) is 0 Å². The molecule has 0 saturated carbocycles. The molecule has 0 fully saturated rings. The number of rotatable bonds is 4. The lowest BCUT2D eigenvalue weighted by molar-refractivity contribution is 0.285. The molecule has 0 radical (unpaired) electrons. The Morgan fingerprint density at radius 2 is 2.13 bits per heavy atom. The molecule has 1 rings (SSSR count). The zero-order valence-electron chi connectivity index (χ0n) is 8.81. The summed E-state index contributed by atoms with van der Waals surface area (Å²) in [5.74, 6) is 0. The standard InChI is InChI=1S/C8H14N2O3S2/c1-6-4-8(14-7(6)5-11)15(12,13)9-10(2)3/h4,9,11H,5H2,1-3H3. The number of nitrogens with one attached hydrogen (secondary N) is 1. The zero-order chi connectivity index (χ0) is 11.6.